The van der Waals surface area contributed by atoms with Crippen molar-refractivity contribution in [1.29, 1.82) is 0 Å². The summed E-state index contributed by atoms with van der Waals surface area (Å²) in [4.78, 5) is 2.43. The summed E-state index contributed by atoms with van der Waals surface area (Å²) in [5.41, 5.74) is 0. The van der Waals surface area contributed by atoms with Gasteiger partial charge in [0.15, 0.2) is 6.34 Å². The van der Waals surface area contributed by atoms with Gasteiger partial charge < -0.3 is 9.30 Å². The Morgan fingerprint density at radius 1 is 1.21 bits per heavy atom. The van der Waals surface area contributed by atoms with E-state index in [2.05, 4.69) is 32.6 Å². The highest BCUT2D eigenvalue weighted by molar-refractivity contribution is 8.58. The Labute approximate surface area is 124 Å². The molecule has 0 aliphatic heterocycles. The van der Waals surface area contributed by atoms with E-state index < -0.39 is 11.7 Å². The monoisotopic (exact) mass is 309 g/mol. The second-order valence-corrected chi connectivity index (χ2v) is 12.3. The molecule has 0 spiro atoms. The summed E-state index contributed by atoms with van der Waals surface area (Å²) in [6.07, 6.45) is -2.36. The van der Waals surface area contributed by atoms with Crippen LogP contribution in [0.15, 0.2) is 0 Å². The van der Waals surface area contributed by atoms with E-state index in [0.717, 1.165) is 12.3 Å². The third kappa shape index (κ3) is 6.20. The van der Waals surface area contributed by atoms with Crippen molar-refractivity contribution >= 4 is 17.7 Å². The smallest absolute Gasteiger partial charge is 0.166 e. The largest absolute Gasteiger partial charge is 0.367 e. The summed E-state index contributed by atoms with van der Waals surface area (Å²) in [7, 11) is 0. The van der Waals surface area contributed by atoms with Crippen LogP contribution in [-0.2, 0) is 9.30 Å². The van der Waals surface area contributed by atoms with Crippen molar-refractivity contribution in [1.82, 2.24) is 4.90 Å². The van der Waals surface area contributed by atoms with Crippen LogP contribution in [0, 0.1) is 0 Å². The molecule has 0 amide bonds. The number of ether oxygens (including phenoxy) is 1. The first-order valence-electron chi connectivity index (χ1n) is 7.17. The highest BCUT2D eigenvalue weighted by Gasteiger charge is 2.37. The van der Waals surface area contributed by atoms with Crippen molar-refractivity contribution in [2.75, 3.05) is 25.6 Å². The van der Waals surface area contributed by atoms with Crippen LogP contribution in [0.1, 0.15) is 48.5 Å². The Kier molecular flexibility index (Phi) is 8.28. The Balaban J connectivity index is 4.43. The number of hydrogen-bond acceptors (Lipinski definition) is 4. The molecular formula is C14H32NO2PS. The molecular weight excluding hydrogens is 277 g/mol. The molecule has 0 aliphatic rings. The standard InChI is InChI=1S/C14H32NO2PS/c1-9-17-14(6,7)18(8,16)19-11-10-15(12(2)3)13(4)5/h12-13H,9-11H2,1-8H3. The van der Waals surface area contributed by atoms with E-state index in [1.54, 1.807) is 11.4 Å². The van der Waals surface area contributed by atoms with Gasteiger partial charge in [0, 0.05) is 37.7 Å². The first kappa shape index (κ1) is 19.5. The Morgan fingerprint density at radius 3 is 2.05 bits per heavy atom. The van der Waals surface area contributed by atoms with E-state index in [1.165, 1.54) is 0 Å². The number of rotatable bonds is 9. The van der Waals surface area contributed by atoms with Gasteiger partial charge in [-0.05, 0) is 48.5 Å². The molecule has 3 nitrogen and oxygen atoms in total. The van der Waals surface area contributed by atoms with E-state index in [-0.39, 0.29) is 0 Å². The molecule has 0 heterocycles. The maximum absolute atomic E-state index is 12.8. The summed E-state index contributed by atoms with van der Waals surface area (Å²) in [6, 6.07) is 1.05. The molecule has 0 aliphatic carbocycles. The lowest BCUT2D eigenvalue weighted by atomic mass is 10.2. The predicted octanol–water partition coefficient (Wildman–Crippen LogP) is 4.52. The zero-order valence-electron chi connectivity index (χ0n) is 13.9. The lowest BCUT2D eigenvalue weighted by Crippen LogP contribution is -2.38. The number of hydrogen-bond donors (Lipinski definition) is 0. The van der Waals surface area contributed by atoms with E-state index in [9.17, 15) is 4.57 Å². The first-order valence-corrected chi connectivity index (χ1v) is 10.9. The Bertz CT molecular complexity index is 298. The molecule has 116 valence electrons. The van der Waals surface area contributed by atoms with Crippen molar-refractivity contribution in [3.63, 3.8) is 0 Å². The van der Waals surface area contributed by atoms with E-state index in [0.29, 0.717) is 18.7 Å². The summed E-state index contributed by atoms with van der Waals surface area (Å²) < 4.78 is 18.4. The molecule has 0 radical (unpaired) electrons. The molecule has 0 rings (SSSR count). The first-order chi connectivity index (χ1) is 8.55. The van der Waals surface area contributed by atoms with Crippen LogP contribution in [0.25, 0.3) is 0 Å². The van der Waals surface area contributed by atoms with Crippen LogP contribution < -0.4 is 0 Å². The summed E-state index contributed by atoms with van der Waals surface area (Å²) in [6.45, 7) is 18.1. The highest BCUT2D eigenvalue weighted by Crippen LogP contribution is 2.65. The summed E-state index contributed by atoms with van der Waals surface area (Å²) >= 11 is 1.58. The third-order valence-corrected chi connectivity index (χ3v) is 9.78. The van der Waals surface area contributed by atoms with Gasteiger partial charge in [0.25, 0.3) is 0 Å². The van der Waals surface area contributed by atoms with Crippen molar-refractivity contribution in [3.05, 3.63) is 0 Å². The molecule has 0 saturated carbocycles. The van der Waals surface area contributed by atoms with Gasteiger partial charge in [0.1, 0.15) is 5.34 Å². The fourth-order valence-corrected chi connectivity index (χ4v) is 5.76. The fraction of sp³-hybridized carbons (Fsp3) is 1.00. The van der Waals surface area contributed by atoms with Gasteiger partial charge in [-0.25, -0.2) is 0 Å². The molecule has 0 aromatic rings. The van der Waals surface area contributed by atoms with Gasteiger partial charge in [-0.15, -0.1) is 0 Å². The Morgan fingerprint density at radius 2 is 1.68 bits per heavy atom. The van der Waals surface area contributed by atoms with Gasteiger partial charge in [-0.3, -0.25) is 4.90 Å². The van der Waals surface area contributed by atoms with Crippen LogP contribution >= 0.6 is 17.7 Å². The number of nitrogens with zero attached hydrogens (tertiary/aromatic N) is 1. The minimum Gasteiger partial charge on any atom is -0.367 e. The molecule has 0 saturated heterocycles. The van der Waals surface area contributed by atoms with Gasteiger partial charge in [-0.1, -0.05) is 11.4 Å². The van der Waals surface area contributed by atoms with Crippen molar-refractivity contribution in [3.8, 4) is 0 Å². The van der Waals surface area contributed by atoms with Gasteiger partial charge in [-0.2, -0.15) is 0 Å². The van der Waals surface area contributed by atoms with Gasteiger partial charge >= 0.3 is 0 Å². The van der Waals surface area contributed by atoms with Gasteiger partial charge in [0.2, 0.25) is 0 Å². The minimum atomic E-state index is -2.36. The minimum absolute atomic E-state index is 0.525. The van der Waals surface area contributed by atoms with Crippen molar-refractivity contribution in [2.45, 2.75) is 65.9 Å². The molecule has 0 fully saturated rings. The Hall–Kier alpha value is 0.500. The lowest BCUT2D eigenvalue weighted by Gasteiger charge is -2.33. The molecule has 5 heteroatoms. The highest BCUT2D eigenvalue weighted by atomic mass is 32.7. The van der Waals surface area contributed by atoms with Crippen LogP contribution in [0.2, 0.25) is 0 Å². The molecule has 1 unspecified atom stereocenters. The fourth-order valence-electron chi connectivity index (χ4n) is 2.06. The van der Waals surface area contributed by atoms with Crippen LogP contribution in [0.4, 0.5) is 0 Å². The molecule has 19 heavy (non-hydrogen) atoms. The molecule has 0 bridgehead atoms. The van der Waals surface area contributed by atoms with E-state index in [4.69, 9.17) is 4.74 Å². The van der Waals surface area contributed by atoms with E-state index in [1.807, 2.05) is 27.4 Å². The second-order valence-electron chi connectivity index (χ2n) is 5.98. The normalized spacial score (nSPS) is 16.4. The molecule has 0 N–H and O–H groups in total. The topological polar surface area (TPSA) is 29.5 Å². The zero-order chi connectivity index (χ0) is 15.3. The van der Waals surface area contributed by atoms with Crippen LogP contribution in [0.3, 0.4) is 0 Å². The predicted molar refractivity (Wildman–Crippen MR) is 88.7 cm³/mol. The average molecular weight is 309 g/mol. The molecule has 1 atom stereocenters. The van der Waals surface area contributed by atoms with Crippen LogP contribution in [0.5, 0.6) is 0 Å². The quantitative estimate of drug-likeness (QED) is 0.586. The average Bonchev–Trinajstić information content (AvgIpc) is 2.22. The SMILES string of the molecule is CCOC(C)(C)P(C)(=O)SCCN(C(C)C)C(C)C. The maximum Gasteiger partial charge on any atom is 0.166 e. The molecule has 0 aromatic heterocycles. The van der Waals surface area contributed by atoms with Gasteiger partial charge in [0.05, 0.1) is 0 Å². The van der Waals surface area contributed by atoms with E-state index >= 15 is 0 Å². The third-order valence-electron chi connectivity index (χ3n) is 3.49. The van der Waals surface area contributed by atoms with Crippen molar-refractivity contribution in [2.24, 2.45) is 0 Å². The molecule has 0 aromatic carbocycles. The summed E-state index contributed by atoms with van der Waals surface area (Å²) in [5.74, 6) is 0.890. The van der Waals surface area contributed by atoms with Crippen molar-refractivity contribution < 1.29 is 9.30 Å². The second kappa shape index (κ2) is 8.07. The zero-order valence-corrected chi connectivity index (χ0v) is 15.6. The lowest BCUT2D eigenvalue weighted by molar-refractivity contribution is 0.0546. The summed E-state index contributed by atoms with van der Waals surface area (Å²) in [5, 5.41) is -0.535. The van der Waals surface area contributed by atoms with Crippen LogP contribution in [-0.4, -0.2) is 47.9 Å². The maximum atomic E-state index is 12.8.